The molecule has 0 aliphatic heterocycles. The van der Waals surface area contributed by atoms with E-state index in [-0.39, 0.29) is 18.8 Å². The third-order valence-corrected chi connectivity index (χ3v) is 1.06. The summed E-state index contributed by atoms with van der Waals surface area (Å²) in [6.07, 6.45) is -1.43. The number of allylic oxidation sites excluding steroid dienone is 1. The Bertz CT molecular complexity index is 123. The topological polar surface area (TPSA) is 26.0 Å². The van der Waals surface area contributed by atoms with Crippen LogP contribution in [-0.2, 0) is 0 Å². The van der Waals surface area contributed by atoms with Gasteiger partial charge in [-0.2, -0.15) is 8.78 Å². The molecule has 0 radical (unpaired) electrons. The molecule has 0 amide bonds. The normalized spacial score (nSPS) is 8.73. The van der Waals surface area contributed by atoms with Gasteiger partial charge in [0.05, 0.1) is 0 Å². The lowest BCUT2D eigenvalue weighted by molar-refractivity contribution is 0.368. The van der Waals surface area contributed by atoms with Crippen LogP contribution in [0.5, 0.6) is 0 Å². The van der Waals surface area contributed by atoms with Crippen molar-refractivity contribution in [1.29, 1.82) is 0 Å². The van der Waals surface area contributed by atoms with Crippen molar-refractivity contribution in [2.45, 2.75) is 19.3 Å². The molecule has 0 saturated carbocycles. The second-order valence-electron chi connectivity index (χ2n) is 1.91. The molecule has 0 fully saturated rings. The molecular weight excluding hydrogens is 179 g/mol. The number of rotatable bonds is 4. The van der Waals surface area contributed by atoms with Crippen LogP contribution in [0, 0.1) is 0 Å². The number of halogens is 4. The summed E-state index contributed by atoms with van der Waals surface area (Å²) in [5, 5.41) is 0. The fraction of sp³-hybridized carbons (Fsp3) is 0.667. The van der Waals surface area contributed by atoms with Crippen LogP contribution in [0.25, 0.3) is 0 Å². The van der Waals surface area contributed by atoms with E-state index >= 15 is 0 Å². The quantitative estimate of drug-likeness (QED) is 0.676. The van der Waals surface area contributed by atoms with Crippen LogP contribution in [0.15, 0.2) is 11.9 Å². The van der Waals surface area contributed by atoms with Crippen molar-refractivity contribution in [1.82, 2.24) is 0 Å². The SMILES string of the molecule is Cl.NCCCCC(F)=C(F)F. The highest BCUT2D eigenvalue weighted by molar-refractivity contribution is 5.85. The van der Waals surface area contributed by atoms with Gasteiger partial charge in [0.2, 0.25) is 0 Å². The van der Waals surface area contributed by atoms with E-state index in [1.807, 2.05) is 0 Å². The first-order chi connectivity index (χ1) is 4.68. The summed E-state index contributed by atoms with van der Waals surface area (Å²) < 4.78 is 34.6. The molecule has 0 bridgehead atoms. The fourth-order valence-corrected chi connectivity index (χ4v) is 0.519. The van der Waals surface area contributed by atoms with Gasteiger partial charge in [-0.25, -0.2) is 4.39 Å². The molecule has 0 aromatic heterocycles. The predicted molar refractivity (Wildman–Crippen MR) is 40.5 cm³/mol. The zero-order valence-electron chi connectivity index (χ0n) is 5.95. The minimum Gasteiger partial charge on any atom is -0.330 e. The Morgan fingerprint density at radius 2 is 1.64 bits per heavy atom. The van der Waals surface area contributed by atoms with E-state index in [0.717, 1.165) is 0 Å². The monoisotopic (exact) mass is 189 g/mol. The molecule has 0 atom stereocenters. The molecule has 0 unspecified atom stereocenters. The molecule has 5 heteroatoms. The summed E-state index contributed by atoms with van der Waals surface area (Å²) in [4.78, 5) is 0. The molecule has 0 spiro atoms. The van der Waals surface area contributed by atoms with Crippen LogP contribution in [0.2, 0.25) is 0 Å². The van der Waals surface area contributed by atoms with E-state index in [1.54, 1.807) is 0 Å². The van der Waals surface area contributed by atoms with Crippen molar-refractivity contribution in [2.75, 3.05) is 6.54 Å². The summed E-state index contributed by atoms with van der Waals surface area (Å²) in [7, 11) is 0. The van der Waals surface area contributed by atoms with Crippen molar-refractivity contribution in [3.63, 3.8) is 0 Å². The highest BCUT2D eigenvalue weighted by Gasteiger charge is 2.02. The molecule has 68 valence electrons. The van der Waals surface area contributed by atoms with E-state index < -0.39 is 11.9 Å². The van der Waals surface area contributed by atoms with Gasteiger partial charge >= 0.3 is 6.08 Å². The number of nitrogens with two attached hydrogens (primary N) is 1. The maximum Gasteiger partial charge on any atom is 0.301 e. The zero-order valence-corrected chi connectivity index (χ0v) is 6.76. The first-order valence-corrected chi connectivity index (χ1v) is 3.08. The van der Waals surface area contributed by atoms with Crippen molar-refractivity contribution in [3.8, 4) is 0 Å². The van der Waals surface area contributed by atoms with Crippen LogP contribution in [0.4, 0.5) is 13.2 Å². The van der Waals surface area contributed by atoms with Crippen molar-refractivity contribution < 1.29 is 13.2 Å². The largest absolute Gasteiger partial charge is 0.330 e. The summed E-state index contributed by atoms with van der Waals surface area (Å²) in [5.41, 5.74) is 5.06. The molecule has 11 heavy (non-hydrogen) atoms. The van der Waals surface area contributed by atoms with Crippen LogP contribution in [0.1, 0.15) is 19.3 Å². The number of hydrogen-bond donors (Lipinski definition) is 1. The van der Waals surface area contributed by atoms with Gasteiger partial charge in [-0.3, -0.25) is 0 Å². The lowest BCUT2D eigenvalue weighted by atomic mass is 10.2. The molecule has 0 rings (SSSR count). The Morgan fingerprint density at radius 3 is 2.00 bits per heavy atom. The average molecular weight is 190 g/mol. The Morgan fingerprint density at radius 1 is 1.09 bits per heavy atom. The maximum absolute atomic E-state index is 11.9. The second kappa shape index (κ2) is 7.88. The van der Waals surface area contributed by atoms with Gasteiger partial charge in [0.25, 0.3) is 0 Å². The van der Waals surface area contributed by atoms with E-state index in [0.29, 0.717) is 19.4 Å². The third-order valence-electron chi connectivity index (χ3n) is 1.06. The van der Waals surface area contributed by atoms with E-state index in [9.17, 15) is 13.2 Å². The van der Waals surface area contributed by atoms with Crippen molar-refractivity contribution in [3.05, 3.63) is 11.9 Å². The number of hydrogen-bond acceptors (Lipinski definition) is 1. The molecule has 0 aromatic rings. The Labute approximate surface area is 69.9 Å². The maximum atomic E-state index is 11.9. The third kappa shape index (κ3) is 7.68. The minimum absolute atomic E-state index is 0. The van der Waals surface area contributed by atoms with Crippen LogP contribution in [-0.4, -0.2) is 6.54 Å². The predicted octanol–water partition coefficient (Wildman–Crippen LogP) is 2.61. The van der Waals surface area contributed by atoms with Gasteiger partial charge in [0.15, 0.2) is 5.83 Å². The molecule has 0 heterocycles. The summed E-state index contributed by atoms with van der Waals surface area (Å²) in [5.74, 6) is -1.31. The van der Waals surface area contributed by atoms with Crippen LogP contribution >= 0.6 is 12.4 Å². The van der Waals surface area contributed by atoms with Gasteiger partial charge in [0.1, 0.15) is 0 Å². The van der Waals surface area contributed by atoms with Gasteiger partial charge in [-0.15, -0.1) is 12.4 Å². The zero-order chi connectivity index (χ0) is 7.98. The van der Waals surface area contributed by atoms with Gasteiger partial charge in [-0.1, -0.05) is 0 Å². The average Bonchev–Trinajstić information content (AvgIpc) is 1.88. The standard InChI is InChI=1S/C6H10F3N.ClH/c7-5(6(8)9)3-1-2-4-10;/h1-4,10H2;1H. The molecular formula is C6H11ClF3N. The minimum atomic E-state index is -2.21. The van der Waals surface area contributed by atoms with Crippen LogP contribution in [0.3, 0.4) is 0 Å². The summed E-state index contributed by atoms with van der Waals surface area (Å²) >= 11 is 0. The lowest BCUT2D eigenvalue weighted by Crippen LogP contribution is -1.97. The second-order valence-corrected chi connectivity index (χ2v) is 1.91. The molecule has 0 aliphatic rings. The molecule has 2 N–H and O–H groups in total. The van der Waals surface area contributed by atoms with Crippen molar-refractivity contribution in [2.24, 2.45) is 5.73 Å². The van der Waals surface area contributed by atoms with Gasteiger partial charge in [-0.05, 0) is 19.4 Å². The first kappa shape index (κ1) is 13.4. The Kier molecular flexibility index (Phi) is 9.58. The van der Waals surface area contributed by atoms with Crippen molar-refractivity contribution >= 4 is 12.4 Å². The highest BCUT2D eigenvalue weighted by atomic mass is 35.5. The molecule has 0 aliphatic carbocycles. The summed E-state index contributed by atoms with van der Waals surface area (Å²) in [6.45, 7) is 0.418. The fourth-order valence-electron chi connectivity index (χ4n) is 0.519. The first-order valence-electron chi connectivity index (χ1n) is 3.08. The Balaban J connectivity index is 0. The van der Waals surface area contributed by atoms with Crippen LogP contribution < -0.4 is 5.73 Å². The van der Waals surface area contributed by atoms with E-state index in [4.69, 9.17) is 5.73 Å². The molecule has 0 saturated heterocycles. The smallest absolute Gasteiger partial charge is 0.301 e. The molecule has 1 nitrogen and oxygen atoms in total. The Hall–Kier alpha value is -0.220. The van der Waals surface area contributed by atoms with E-state index in [1.165, 1.54) is 0 Å². The highest BCUT2D eigenvalue weighted by Crippen LogP contribution is 2.15. The van der Waals surface area contributed by atoms with Gasteiger partial charge < -0.3 is 5.73 Å². The lowest BCUT2D eigenvalue weighted by Gasteiger charge is -1.93. The molecule has 0 aromatic carbocycles. The number of unbranched alkanes of at least 4 members (excludes halogenated alkanes) is 1. The van der Waals surface area contributed by atoms with E-state index in [2.05, 4.69) is 0 Å². The van der Waals surface area contributed by atoms with Gasteiger partial charge in [0, 0.05) is 6.42 Å². The summed E-state index contributed by atoms with van der Waals surface area (Å²) in [6, 6.07) is 0.